The first-order valence-corrected chi connectivity index (χ1v) is 8.15. The van der Waals surface area contributed by atoms with Crippen LogP contribution in [0.15, 0.2) is 42.6 Å². The lowest BCUT2D eigenvalue weighted by atomic mass is 10.1. The molecule has 2 heterocycles. The molecule has 0 fully saturated rings. The average molecular weight is 325 g/mol. The maximum absolute atomic E-state index is 5.26. The Balaban J connectivity index is 1.63. The lowest BCUT2D eigenvalue weighted by Crippen LogP contribution is -2.19. The molecule has 0 saturated carbocycles. The van der Waals surface area contributed by atoms with Gasteiger partial charge < -0.3 is 10.1 Å². The van der Waals surface area contributed by atoms with Crippen LogP contribution in [0.5, 0.6) is 5.75 Å². The summed E-state index contributed by atoms with van der Waals surface area (Å²) in [5.41, 5.74) is 4.03. The summed E-state index contributed by atoms with van der Waals surface area (Å²) in [4.78, 5) is 0. The van der Waals surface area contributed by atoms with Crippen LogP contribution in [0, 0.1) is 0 Å². The summed E-state index contributed by atoms with van der Waals surface area (Å²) in [6.45, 7) is 5.79. The Labute approximate surface area is 141 Å². The van der Waals surface area contributed by atoms with E-state index in [1.807, 2.05) is 35.1 Å². The Bertz CT molecular complexity index is 792. The minimum absolute atomic E-state index is 0.182. The molecule has 24 heavy (non-hydrogen) atoms. The third kappa shape index (κ3) is 3.65. The van der Waals surface area contributed by atoms with Gasteiger partial charge >= 0.3 is 0 Å². The summed E-state index contributed by atoms with van der Waals surface area (Å²) in [5.74, 6) is 0.829. The normalized spacial score (nSPS) is 12.3. The van der Waals surface area contributed by atoms with E-state index in [0.717, 1.165) is 34.9 Å². The van der Waals surface area contributed by atoms with E-state index >= 15 is 0 Å². The predicted octanol–water partition coefficient (Wildman–Crippen LogP) is 3.15. The molecule has 0 aliphatic carbocycles. The van der Waals surface area contributed by atoms with Gasteiger partial charge in [-0.25, -0.2) is 0 Å². The highest BCUT2D eigenvalue weighted by molar-refractivity contribution is 5.61. The van der Waals surface area contributed by atoms with Gasteiger partial charge in [-0.15, -0.1) is 0 Å². The zero-order valence-electron chi connectivity index (χ0n) is 14.3. The summed E-state index contributed by atoms with van der Waals surface area (Å²) in [6.07, 6.45) is 2.00. The molecule has 0 aliphatic heterocycles. The van der Waals surface area contributed by atoms with E-state index in [9.17, 15) is 0 Å². The second-order valence-corrected chi connectivity index (χ2v) is 5.71. The van der Waals surface area contributed by atoms with E-state index in [1.165, 1.54) is 0 Å². The molecule has 2 aromatic heterocycles. The van der Waals surface area contributed by atoms with E-state index in [4.69, 9.17) is 4.74 Å². The first-order valence-electron chi connectivity index (χ1n) is 8.15. The van der Waals surface area contributed by atoms with Crippen molar-refractivity contribution in [3.05, 3.63) is 54.0 Å². The highest BCUT2D eigenvalue weighted by atomic mass is 16.5. The molecule has 3 aromatic rings. The smallest absolute Gasteiger partial charge is 0.119 e. The Morgan fingerprint density at radius 2 is 2.17 bits per heavy atom. The van der Waals surface area contributed by atoms with E-state index in [2.05, 4.69) is 46.6 Å². The monoisotopic (exact) mass is 325 g/mol. The molecule has 0 bridgehead atoms. The first kappa shape index (κ1) is 16.3. The largest absolute Gasteiger partial charge is 0.497 e. The summed E-state index contributed by atoms with van der Waals surface area (Å²) in [6, 6.07) is 12.2. The van der Waals surface area contributed by atoms with Crippen molar-refractivity contribution in [2.45, 2.75) is 33.0 Å². The van der Waals surface area contributed by atoms with Crippen LogP contribution in [0.2, 0.25) is 0 Å². The van der Waals surface area contributed by atoms with Gasteiger partial charge in [-0.05, 0) is 38.1 Å². The number of aromatic amines is 1. The van der Waals surface area contributed by atoms with Gasteiger partial charge in [0.25, 0.3) is 0 Å². The fourth-order valence-corrected chi connectivity index (χ4v) is 2.53. The van der Waals surface area contributed by atoms with Crippen molar-refractivity contribution in [2.75, 3.05) is 7.11 Å². The van der Waals surface area contributed by atoms with Crippen LogP contribution in [-0.2, 0) is 13.1 Å². The van der Waals surface area contributed by atoms with Crippen LogP contribution >= 0.6 is 0 Å². The SMILES string of the molecule is CCn1ccc(C(C)NCc2cc(-c3cccc(OC)c3)n[nH]2)n1. The van der Waals surface area contributed by atoms with E-state index < -0.39 is 0 Å². The molecule has 1 atom stereocenters. The lowest BCUT2D eigenvalue weighted by Gasteiger charge is -2.10. The second kappa shape index (κ2) is 7.31. The standard InChI is InChI=1S/C18H23N5O/c1-4-23-9-8-17(22-23)13(2)19-12-15-11-18(21-20-15)14-6-5-7-16(10-14)24-3/h5-11,13,19H,4,12H2,1-3H3,(H,20,21). The number of nitrogens with one attached hydrogen (secondary N) is 2. The molecule has 1 unspecified atom stereocenters. The molecule has 126 valence electrons. The maximum atomic E-state index is 5.26. The summed E-state index contributed by atoms with van der Waals surface area (Å²) in [7, 11) is 1.67. The molecule has 0 radical (unpaired) electrons. The number of aryl methyl sites for hydroxylation is 1. The van der Waals surface area contributed by atoms with Crippen LogP contribution < -0.4 is 10.1 Å². The molecular weight excluding hydrogens is 302 g/mol. The van der Waals surface area contributed by atoms with Gasteiger partial charge in [-0.1, -0.05) is 12.1 Å². The topological polar surface area (TPSA) is 67.8 Å². The summed E-state index contributed by atoms with van der Waals surface area (Å²) in [5, 5.41) is 15.5. The number of benzene rings is 1. The van der Waals surface area contributed by atoms with Crippen molar-refractivity contribution in [2.24, 2.45) is 0 Å². The van der Waals surface area contributed by atoms with Gasteiger partial charge in [0.15, 0.2) is 0 Å². The van der Waals surface area contributed by atoms with E-state index in [1.54, 1.807) is 7.11 Å². The highest BCUT2D eigenvalue weighted by Gasteiger charge is 2.10. The zero-order valence-corrected chi connectivity index (χ0v) is 14.3. The van der Waals surface area contributed by atoms with Crippen molar-refractivity contribution in [1.29, 1.82) is 0 Å². The van der Waals surface area contributed by atoms with Crippen molar-refractivity contribution in [3.8, 4) is 17.0 Å². The van der Waals surface area contributed by atoms with Crippen LogP contribution in [-0.4, -0.2) is 27.1 Å². The number of hydrogen-bond acceptors (Lipinski definition) is 4. The highest BCUT2D eigenvalue weighted by Crippen LogP contribution is 2.22. The summed E-state index contributed by atoms with van der Waals surface area (Å²) >= 11 is 0. The average Bonchev–Trinajstić information content (AvgIpc) is 3.29. The third-order valence-electron chi connectivity index (χ3n) is 4.02. The first-order chi connectivity index (χ1) is 11.7. The lowest BCUT2D eigenvalue weighted by molar-refractivity contribution is 0.415. The van der Waals surface area contributed by atoms with Crippen LogP contribution in [0.1, 0.15) is 31.3 Å². The Morgan fingerprint density at radius 3 is 2.92 bits per heavy atom. The van der Waals surface area contributed by atoms with E-state index in [-0.39, 0.29) is 6.04 Å². The molecule has 2 N–H and O–H groups in total. The number of nitrogens with zero attached hydrogens (tertiary/aromatic N) is 3. The van der Waals surface area contributed by atoms with Crippen LogP contribution in [0.4, 0.5) is 0 Å². The Kier molecular flexibility index (Phi) is 4.96. The Morgan fingerprint density at radius 1 is 1.29 bits per heavy atom. The Hall–Kier alpha value is -2.60. The third-order valence-corrected chi connectivity index (χ3v) is 4.02. The van der Waals surface area contributed by atoms with Gasteiger partial charge in [-0.3, -0.25) is 9.78 Å². The van der Waals surface area contributed by atoms with Gasteiger partial charge in [0.2, 0.25) is 0 Å². The fourth-order valence-electron chi connectivity index (χ4n) is 2.53. The number of methoxy groups -OCH3 is 1. The van der Waals surface area contributed by atoms with Crippen molar-refractivity contribution in [1.82, 2.24) is 25.3 Å². The van der Waals surface area contributed by atoms with Crippen molar-refractivity contribution >= 4 is 0 Å². The molecule has 3 rings (SSSR count). The van der Waals surface area contributed by atoms with Crippen molar-refractivity contribution in [3.63, 3.8) is 0 Å². The molecule has 0 amide bonds. The van der Waals surface area contributed by atoms with Gasteiger partial charge in [-0.2, -0.15) is 10.2 Å². The summed E-state index contributed by atoms with van der Waals surface area (Å²) < 4.78 is 7.20. The predicted molar refractivity (Wildman–Crippen MR) is 93.7 cm³/mol. The number of H-pyrrole nitrogens is 1. The van der Waals surface area contributed by atoms with Crippen molar-refractivity contribution < 1.29 is 4.74 Å². The van der Waals surface area contributed by atoms with Gasteiger partial charge in [0.05, 0.1) is 18.5 Å². The van der Waals surface area contributed by atoms with Gasteiger partial charge in [0, 0.05) is 36.6 Å². The number of rotatable bonds is 7. The zero-order chi connectivity index (χ0) is 16.9. The van der Waals surface area contributed by atoms with E-state index in [0.29, 0.717) is 6.54 Å². The molecule has 6 nitrogen and oxygen atoms in total. The maximum Gasteiger partial charge on any atom is 0.119 e. The molecule has 1 aromatic carbocycles. The van der Waals surface area contributed by atoms with Gasteiger partial charge in [0.1, 0.15) is 5.75 Å². The molecule has 0 aliphatic rings. The second-order valence-electron chi connectivity index (χ2n) is 5.71. The minimum atomic E-state index is 0.182. The molecular formula is C18H23N5O. The fraction of sp³-hybridized carbons (Fsp3) is 0.333. The molecule has 6 heteroatoms. The quantitative estimate of drug-likeness (QED) is 0.700. The number of aromatic nitrogens is 4. The van der Waals surface area contributed by atoms with Crippen LogP contribution in [0.25, 0.3) is 11.3 Å². The molecule has 0 spiro atoms. The minimum Gasteiger partial charge on any atom is -0.497 e. The molecule has 0 saturated heterocycles. The number of hydrogen-bond donors (Lipinski definition) is 2. The number of ether oxygens (including phenoxy) is 1. The van der Waals surface area contributed by atoms with Crippen LogP contribution in [0.3, 0.4) is 0 Å².